The van der Waals surface area contributed by atoms with Crippen LogP contribution in [0.3, 0.4) is 0 Å². The number of pyridine rings is 1. The molecule has 3 aromatic carbocycles. The highest BCUT2D eigenvalue weighted by Gasteiger charge is 2.33. The second-order valence-corrected chi connectivity index (χ2v) is 7.67. The summed E-state index contributed by atoms with van der Waals surface area (Å²) in [5.74, 6) is -0.453. The lowest BCUT2D eigenvalue weighted by molar-refractivity contribution is -0.137. The molecule has 174 valence electrons. The van der Waals surface area contributed by atoms with E-state index in [1.165, 1.54) is 36.4 Å². The van der Waals surface area contributed by atoms with Gasteiger partial charge in [0.05, 0.1) is 17.0 Å². The van der Waals surface area contributed by atoms with E-state index in [1.54, 1.807) is 19.2 Å². The molecule has 0 aliphatic heterocycles. The summed E-state index contributed by atoms with van der Waals surface area (Å²) >= 11 is 0. The number of aromatic nitrogens is 1. The van der Waals surface area contributed by atoms with Gasteiger partial charge in [-0.05, 0) is 43.4 Å². The van der Waals surface area contributed by atoms with Crippen LogP contribution in [0.2, 0.25) is 0 Å². The van der Waals surface area contributed by atoms with Gasteiger partial charge in [0.15, 0.2) is 0 Å². The number of alkyl halides is 3. The van der Waals surface area contributed by atoms with Crippen molar-refractivity contribution in [2.45, 2.75) is 12.3 Å². The quantitative estimate of drug-likeness (QED) is 0.173. The van der Waals surface area contributed by atoms with Crippen molar-refractivity contribution >= 4 is 11.4 Å². The van der Waals surface area contributed by atoms with Crippen LogP contribution in [0.25, 0.3) is 22.5 Å². The van der Waals surface area contributed by atoms with E-state index in [4.69, 9.17) is 5.73 Å². The molecule has 4 rings (SSSR count). The first-order chi connectivity index (χ1) is 16.3. The molecule has 0 aliphatic rings. The molecule has 0 saturated heterocycles. The van der Waals surface area contributed by atoms with E-state index >= 15 is 0 Å². The minimum absolute atomic E-state index is 0.0397. The summed E-state index contributed by atoms with van der Waals surface area (Å²) in [6.07, 6.45) is -5.15. The van der Waals surface area contributed by atoms with Crippen LogP contribution < -0.4 is 16.4 Å². The van der Waals surface area contributed by atoms with Crippen LogP contribution in [0, 0.1) is 5.82 Å². The molecule has 0 radical (unpaired) electrons. The van der Waals surface area contributed by atoms with Gasteiger partial charge in [-0.25, -0.2) is 9.37 Å². The van der Waals surface area contributed by atoms with Gasteiger partial charge in [0.1, 0.15) is 12.0 Å². The van der Waals surface area contributed by atoms with Crippen molar-refractivity contribution < 1.29 is 17.6 Å². The van der Waals surface area contributed by atoms with Gasteiger partial charge in [-0.2, -0.15) is 13.2 Å². The molecule has 8 heteroatoms. The van der Waals surface area contributed by atoms with E-state index in [0.717, 1.165) is 11.6 Å². The molecule has 1 atom stereocenters. The van der Waals surface area contributed by atoms with Crippen molar-refractivity contribution in [1.29, 1.82) is 0 Å². The Hall–Kier alpha value is -3.91. The summed E-state index contributed by atoms with van der Waals surface area (Å²) in [5, 5.41) is 6.24. The van der Waals surface area contributed by atoms with Gasteiger partial charge >= 0.3 is 6.18 Å². The molecule has 0 saturated carbocycles. The number of hydrogen-bond acceptors (Lipinski definition) is 4. The van der Waals surface area contributed by atoms with Gasteiger partial charge in [0, 0.05) is 28.1 Å². The second kappa shape index (κ2) is 9.52. The van der Waals surface area contributed by atoms with E-state index in [1.807, 2.05) is 30.3 Å². The van der Waals surface area contributed by atoms with Gasteiger partial charge in [-0.1, -0.05) is 48.5 Å². The van der Waals surface area contributed by atoms with E-state index in [-0.39, 0.29) is 11.3 Å². The predicted molar refractivity (Wildman–Crippen MR) is 126 cm³/mol. The monoisotopic (exact) mass is 466 g/mol. The molecule has 1 aromatic heterocycles. The van der Waals surface area contributed by atoms with Crippen molar-refractivity contribution in [2.75, 3.05) is 18.1 Å². The Kier molecular flexibility index (Phi) is 6.51. The van der Waals surface area contributed by atoms with Crippen LogP contribution >= 0.6 is 0 Å². The number of benzene rings is 3. The fourth-order valence-electron chi connectivity index (χ4n) is 3.73. The summed E-state index contributed by atoms with van der Waals surface area (Å²) in [7, 11) is 1.67. The molecule has 1 heterocycles. The number of rotatable bonds is 6. The van der Waals surface area contributed by atoms with Crippen LogP contribution in [-0.4, -0.2) is 12.0 Å². The van der Waals surface area contributed by atoms with Crippen LogP contribution in [0.15, 0.2) is 84.9 Å². The third-order valence-corrected chi connectivity index (χ3v) is 5.36. The lowest BCUT2D eigenvalue weighted by Crippen LogP contribution is -2.25. The lowest BCUT2D eigenvalue weighted by Gasteiger charge is -2.22. The molecule has 4 N–H and O–H groups in total. The number of nitrogens with one attached hydrogen (secondary N) is 2. The number of anilines is 2. The van der Waals surface area contributed by atoms with E-state index < -0.39 is 23.7 Å². The zero-order valence-electron chi connectivity index (χ0n) is 18.2. The number of hydrogen-bond donors (Lipinski definition) is 3. The maximum Gasteiger partial charge on any atom is 0.417 e. The van der Waals surface area contributed by atoms with Gasteiger partial charge in [-0.3, -0.25) is 5.32 Å². The normalized spacial score (nSPS) is 12.4. The maximum atomic E-state index is 13.9. The number of nitrogens with zero attached hydrogens (tertiary/aromatic N) is 1. The molecule has 0 bridgehead atoms. The fraction of sp³-hybridized carbons (Fsp3) is 0.115. The molecule has 1 unspecified atom stereocenters. The average molecular weight is 466 g/mol. The van der Waals surface area contributed by atoms with Gasteiger partial charge in [0.25, 0.3) is 0 Å². The van der Waals surface area contributed by atoms with Crippen LogP contribution in [-0.2, 0) is 6.18 Å². The first-order valence-corrected chi connectivity index (χ1v) is 10.5. The second-order valence-electron chi connectivity index (χ2n) is 7.67. The topological polar surface area (TPSA) is 63.0 Å². The Balaban J connectivity index is 1.85. The first-order valence-electron chi connectivity index (χ1n) is 10.5. The maximum absolute atomic E-state index is 13.9. The lowest BCUT2D eigenvalue weighted by atomic mass is 10.0. The Morgan fingerprint density at radius 3 is 2.24 bits per heavy atom. The molecule has 0 amide bonds. The molecule has 34 heavy (non-hydrogen) atoms. The van der Waals surface area contributed by atoms with Crippen molar-refractivity contribution in [1.82, 2.24) is 10.3 Å². The van der Waals surface area contributed by atoms with Gasteiger partial charge in [-0.15, -0.1) is 0 Å². The SMILES string of the molecule is CNC(Nc1cc(-c2ccccc2)nc(-c2ccccc2C(F)(F)F)c1)c1cc(F)ccc1N. The van der Waals surface area contributed by atoms with E-state index in [9.17, 15) is 17.6 Å². The minimum atomic E-state index is -4.54. The molecule has 4 aromatic rings. The molecular weight excluding hydrogens is 444 g/mol. The Labute approximate surface area is 194 Å². The summed E-state index contributed by atoms with van der Waals surface area (Å²) in [6.45, 7) is 0. The summed E-state index contributed by atoms with van der Waals surface area (Å²) < 4.78 is 55.1. The Morgan fingerprint density at radius 2 is 1.53 bits per heavy atom. The molecule has 0 fully saturated rings. The summed E-state index contributed by atoms with van der Waals surface area (Å²) in [4.78, 5) is 4.54. The third-order valence-electron chi connectivity index (χ3n) is 5.36. The first kappa shape index (κ1) is 23.3. The smallest absolute Gasteiger partial charge is 0.398 e. The predicted octanol–water partition coefficient (Wildman–Crippen LogP) is 6.49. The highest BCUT2D eigenvalue weighted by Crippen LogP contribution is 2.38. The van der Waals surface area contributed by atoms with Crippen LogP contribution in [0.4, 0.5) is 28.9 Å². The molecule has 0 aliphatic carbocycles. The minimum Gasteiger partial charge on any atom is -0.398 e. The number of nitrogen functional groups attached to an aromatic ring is 1. The van der Waals surface area contributed by atoms with Gasteiger partial charge < -0.3 is 11.1 Å². The average Bonchev–Trinajstić information content (AvgIpc) is 2.84. The van der Waals surface area contributed by atoms with Gasteiger partial charge in [0.2, 0.25) is 0 Å². The molecular formula is C26H22F4N4. The number of halogens is 4. The highest BCUT2D eigenvalue weighted by molar-refractivity contribution is 5.74. The summed E-state index contributed by atoms with van der Waals surface area (Å²) in [6, 6.07) is 21.7. The van der Waals surface area contributed by atoms with Crippen molar-refractivity contribution in [3.05, 3.63) is 102 Å². The van der Waals surface area contributed by atoms with E-state index in [0.29, 0.717) is 22.6 Å². The van der Waals surface area contributed by atoms with Crippen molar-refractivity contribution in [3.63, 3.8) is 0 Å². The largest absolute Gasteiger partial charge is 0.417 e. The zero-order chi connectivity index (χ0) is 24.3. The Morgan fingerprint density at radius 1 is 0.853 bits per heavy atom. The van der Waals surface area contributed by atoms with E-state index in [2.05, 4.69) is 15.6 Å². The van der Waals surface area contributed by atoms with Crippen LogP contribution in [0.1, 0.15) is 17.3 Å². The molecule has 0 spiro atoms. The van der Waals surface area contributed by atoms with Crippen LogP contribution in [0.5, 0.6) is 0 Å². The number of nitrogens with two attached hydrogens (primary N) is 1. The third kappa shape index (κ3) is 5.02. The fourth-order valence-corrected chi connectivity index (χ4v) is 3.73. The Bertz CT molecular complexity index is 1290. The van der Waals surface area contributed by atoms with Crippen molar-refractivity contribution in [3.8, 4) is 22.5 Å². The highest BCUT2D eigenvalue weighted by atomic mass is 19.4. The summed E-state index contributed by atoms with van der Waals surface area (Å²) in [5.41, 5.74) is 7.93. The zero-order valence-corrected chi connectivity index (χ0v) is 18.2. The van der Waals surface area contributed by atoms with Crippen molar-refractivity contribution in [2.24, 2.45) is 0 Å². The standard InChI is InChI=1S/C26H22F4N4/c1-32-25(20-13-17(27)11-12-22(20)31)33-18-14-23(16-7-3-2-4-8-16)34-24(15-18)19-9-5-6-10-21(19)26(28,29)30/h2-15,25,32H,31H2,1H3,(H,33,34). The molecule has 4 nitrogen and oxygen atoms in total.